The highest BCUT2D eigenvalue weighted by Crippen LogP contribution is 2.20. The van der Waals surface area contributed by atoms with Crippen LogP contribution in [0.2, 0.25) is 0 Å². The lowest BCUT2D eigenvalue weighted by molar-refractivity contribution is -0.136. The molecule has 4 N–H and O–H groups in total. The van der Waals surface area contributed by atoms with Gasteiger partial charge in [-0.25, -0.2) is 15.3 Å². The van der Waals surface area contributed by atoms with Gasteiger partial charge in [0, 0.05) is 45.1 Å². The van der Waals surface area contributed by atoms with Crippen LogP contribution in [0.5, 0.6) is 0 Å². The zero-order valence-electron chi connectivity index (χ0n) is 16.2. The molecule has 0 aromatic carbocycles. The van der Waals surface area contributed by atoms with Crippen molar-refractivity contribution in [3.05, 3.63) is 0 Å². The molecule has 0 saturated carbocycles. The molecular formula is C18H33N5O4. The van der Waals surface area contributed by atoms with Gasteiger partial charge in [0.2, 0.25) is 5.91 Å². The minimum Gasteiger partial charge on any atom is -0.312 e. The number of nitrogens with one attached hydrogen (secondary N) is 3. The van der Waals surface area contributed by atoms with Crippen LogP contribution in [0.3, 0.4) is 0 Å². The van der Waals surface area contributed by atoms with Gasteiger partial charge in [0.15, 0.2) is 5.78 Å². The van der Waals surface area contributed by atoms with E-state index in [1.807, 2.05) is 5.01 Å². The van der Waals surface area contributed by atoms with Gasteiger partial charge < -0.3 is 10.2 Å². The number of unbranched alkanes of at least 4 members (excludes halogenated alkanes) is 2. The number of hydrogen-bond donors (Lipinski definition) is 4. The highest BCUT2D eigenvalue weighted by atomic mass is 16.5. The summed E-state index contributed by atoms with van der Waals surface area (Å²) in [5.74, 6) is -1.18. The Kier molecular flexibility index (Phi) is 8.96. The monoisotopic (exact) mass is 383 g/mol. The number of urea groups is 1. The number of carbonyl (C=O) groups is 3. The molecule has 2 fully saturated rings. The van der Waals surface area contributed by atoms with E-state index in [1.54, 1.807) is 10.4 Å². The summed E-state index contributed by atoms with van der Waals surface area (Å²) in [5.41, 5.74) is 4.52. The molecule has 2 heterocycles. The molecule has 0 aliphatic carbocycles. The molecule has 9 heteroatoms. The van der Waals surface area contributed by atoms with Crippen LogP contribution in [-0.4, -0.2) is 71.6 Å². The molecule has 9 nitrogen and oxygen atoms in total. The van der Waals surface area contributed by atoms with Gasteiger partial charge >= 0.3 is 6.03 Å². The van der Waals surface area contributed by atoms with Gasteiger partial charge in [-0.15, -0.1) is 0 Å². The summed E-state index contributed by atoms with van der Waals surface area (Å²) in [6.07, 6.45) is 5.47. The predicted octanol–water partition coefficient (Wildman–Crippen LogP) is 0.642. The fourth-order valence-electron chi connectivity index (χ4n) is 3.76. The summed E-state index contributed by atoms with van der Waals surface area (Å²) < 4.78 is 0. The number of hydrazine groups is 1. The molecule has 0 bridgehead atoms. The smallest absolute Gasteiger partial charge is 0.312 e. The first-order valence-corrected chi connectivity index (χ1v) is 10.1. The average molecular weight is 383 g/mol. The van der Waals surface area contributed by atoms with Crippen molar-refractivity contribution in [2.75, 3.05) is 32.7 Å². The Labute approximate surface area is 160 Å². The second kappa shape index (κ2) is 11.2. The second-order valence-corrected chi connectivity index (χ2v) is 7.36. The van der Waals surface area contributed by atoms with E-state index in [0.29, 0.717) is 26.1 Å². The van der Waals surface area contributed by atoms with Crippen LogP contribution in [0.1, 0.15) is 51.9 Å². The quantitative estimate of drug-likeness (QED) is 0.264. The first-order valence-electron chi connectivity index (χ1n) is 10.1. The zero-order chi connectivity index (χ0) is 19.6. The van der Waals surface area contributed by atoms with Crippen molar-refractivity contribution in [1.29, 1.82) is 0 Å². The maximum Gasteiger partial charge on any atom is 0.332 e. The molecule has 2 rings (SSSR count). The highest BCUT2D eigenvalue weighted by molar-refractivity contribution is 5.93. The average Bonchev–Trinajstić information content (AvgIpc) is 3.19. The lowest BCUT2D eigenvalue weighted by Crippen LogP contribution is -2.62. The van der Waals surface area contributed by atoms with E-state index in [9.17, 15) is 14.4 Å². The molecule has 0 radical (unpaired) electrons. The summed E-state index contributed by atoms with van der Waals surface area (Å²) in [6, 6.07) is -0.852. The molecule has 2 saturated heterocycles. The lowest BCUT2D eigenvalue weighted by Gasteiger charge is -2.37. The van der Waals surface area contributed by atoms with Gasteiger partial charge in [-0.2, -0.15) is 0 Å². The molecule has 0 spiro atoms. The molecule has 27 heavy (non-hydrogen) atoms. The zero-order valence-corrected chi connectivity index (χ0v) is 16.2. The minimum atomic E-state index is -0.598. The van der Waals surface area contributed by atoms with Crippen LogP contribution >= 0.6 is 0 Å². The van der Waals surface area contributed by atoms with E-state index in [0.717, 1.165) is 45.2 Å². The van der Waals surface area contributed by atoms with Gasteiger partial charge in [-0.05, 0) is 19.3 Å². The minimum absolute atomic E-state index is 0.0584. The van der Waals surface area contributed by atoms with Gasteiger partial charge in [-0.3, -0.25) is 20.2 Å². The number of ketones is 1. The lowest BCUT2D eigenvalue weighted by atomic mass is 9.88. The normalized spacial score (nSPS) is 21.7. The molecular weight excluding hydrogens is 350 g/mol. The first kappa shape index (κ1) is 21.6. The third-order valence-corrected chi connectivity index (χ3v) is 5.31. The van der Waals surface area contributed by atoms with Crippen LogP contribution in [-0.2, 0) is 9.59 Å². The van der Waals surface area contributed by atoms with E-state index in [1.165, 1.54) is 0 Å². The molecule has 2 aliphatic heterocycles. The van der Waals surface area contributed by atoms with Crippen LogP contribution < -0.4 is 16.2 Å². The summed E-state index contributed by atoms with van der Waals surface area (Å²) in [6.45, 7) is 5.20. The van der Waals surface area contributed by atoms with Crippen molar-refractivity contribution < 1.29 is 19.6 Å². The number of Topliss-reactive ketones (excluding diaryl/α,β-unsaturated/α-hetero) is 1. The van der Waals surface area contributed by atoms with Crippen LogP contribution in [0.15, 0.2) is 0 Å². The van der Waals surface area contributed by atoms with Gasteiger partial charge in [0.05, 0.1) is 0 Å². The number of amides is 3. The standard InChI is InChI=1S/C18H33N5O4/c1-2-3-4-7-14(12-16(24)21-27)17(25)15-13-19-8-11-23(15)18(26)20-22-9-5-6-10-22/h14-15,19,27H,2-13H2,1H3,(H,20,26)(H,21,24)/t14-,15+/m1/s1. The van der Waals surface area contributed by atoms with E-state index in [-0.39, 0.29) is 18.2 Å². The summed E-state index contributed by atoms with van der Waals surface area (Å²) in [5, 5.41) is 13.9. The van der Waals surface area contributed by atoms with E-state index >= 15 is 0 Å². The number of hydroxylamine groups is 1. The number of rotatable bonds is 9. The van der Waals surface area contributed by atoms with Crippen molar-refractivity contribution >= 4 is 17.7 Å². The maximum atomic E-state index is 13.2. The Morgan fingerprint density at radius 2 is 1.93 bits per heavy atom. The Morgan fingerprint density at radius 3 is 2.59 bits per heavy atom. The molecule has 2 atom stereocenters. The summed E-state index contributed by atoms with van der Waals surface area (Å²) >= 11 is 0. The number of piperazine rings is 1. The SMILES string of the molecule is CCCCC[C@H](CC(=O)NO)C(=O)[C@@H]1CNCCN1C(=O)NN1CCCC1. The second-order valence-electron chi connectivity index (χ2n) is 7.36. The topological polar surface area (TPSA) is 114 Å². The van der Waals surface area contributed by atoms with Crippen LogP contribution in [0, 0.1) is 5.92 Å². The van der Waals surface area contributed by atoms with Crippen molar-refractivity contribution in [2.24, 2.45) is 5.92 Å². The maximum absolute atomic E-state index is 13.2. The molecule has 2 aliphatic rings. The van der Waals surface area contributed by atoms with Crippen molar-refractivity contribution in [2.45, 2.75) is 57.9 Å². The van der Waals surface area contributed by atoms with Crippen molar-refractivity contribution in [3.63, 3.8) is 0 Å². The highest BCUT2D eigenvalue weighted by Gasteiger charge is 2.37. The Hall–Kier alpha value is -1.71. The van der Waals surface area contributed by atoms with E-state index < -0.39 is 17.9 Å². The van der Waals surface area contributed by atoms with Gasteiger partial charge in [0.1, 0.15) is 6.04 Å². The number of nitrogens with zero attached hydrogens (tertiary/aromatic N) is 2. The molecule has 154 valence electrons. The van der Waals surface area contributed by atoms with Gasteiger partial charge in [-0.1, -0.05) is 26.2 Å². The third-order valence-electron chi connectivity index (χ3n) is 5.31. The molecule has 0 aromatic rings. The fraction of sp³-hybridized carbons (Fsp3) is 0.833. The third kappa shape index (κ3) is 6.44. The Bertz CT molecular complexity index is 510. The Morgan fingerprint density at radius 1 is 1.19 bits per heavy atom. The summed E-state index contributed by atoms with van der Waals surface area (Å²) in [4.78, 5) is 39.1. The Balaban J connectivity index is 2.04. The van der Waals surface area contributed by atoms with Crippen molar-refractivity contribution in [3.8, 4) is 0 Å². The first-order chi connectivity index (χ1) is 13.1. The van der Waals surface area contributed by atoms with E-state index in [4.69, 9.17) is 5.21 Å². The van der Waals surface area contributed by atoms with Gasteiger partial charge in [0.25, 0.3) is 0 Å². The fourth-order valence-corrected chi connectivity index (χ4v) is 3.76. The summed E-state index contributed by atoms with van der Waals surface area (Å²) in [7, 11) is 0. The van der Waals surface area contributed by atoms with Crippen LogP contribution in [0.4, 0.5) is 4.79 Å². The van der Waals surface area contributed by atoms with Crippen molar-refractivity contribution in [1.82, 2.24) is 26.1 Å². The predicted molar refractivity (Wildman–Crippen MR) is 99.9 cm³/mol. The molecule has 3 amide bonds. The number of hydrogen-bond acceptors (Lipinski definition) is 6. The largest absolute Gasteiger partial charge is 0.332 e. The van der Waals surface area contributed by atoms with Crippen LogP contribution in [0.25, 0.3) is 0 Å². The number of carbonyl (C=O) groups excluding carboxylic acids is 3. The molecule has 0 aromatic heterocycles. The van der Waals surface area contributed by atoms with E-state index in [2.05, 4.69) is 17.7 Å². The molecule has 0 unspecified atom stereocenters.